The molecule has 1 unspecified atom stereocenters. The highest BCUT2D eigenvalue weighted by atomic mass is 32.1. The van der Waals surface area contributed by atoms with E-state index < -0.39 is 18.1 Å². The molecule has 0 spiro atoms. The molecule has 1 atom stereocenters. The second-order valence-electron chi connectivity index (χ2n) is 6.83. The van der Waals surface area contributed by atoms with Crippen molar-refractivity contribution >= 4 is 35.1 Å². The van der Waals surface area contributed by atoms with Crippen LogP contribution in [-0.4, -0.2) is 72.0 Å². The van der Waals surface area contributed by atoms with Crippen molar-refractivity contribution in [2.45, 2.75) is 38.8 Å². The van der Waals surface area contributed by atoms with Gasteiger partial charge in [-0.15, -0.1) is 0 Å². The zero-order valence-corrected chi connectivity index (χ0v) is 17.6. The molecule has 0 bridgehead atoms. The number of carbonyl (C=O) groups excluding carboxylic acids is 2. The molecule has 2 saturated heterocycles. The lowest BCUT2D eigenvalue weighted by atomic mass is 10.0. The lowest BCUT2D eigenvalue weighted by Gasteiger charge is -2.38. The van der Waals surface area contributed by atoms with E-state index in [1.807, 2.05) is 31.2 Å². The zero-order chi connectivity index (χ0) is 20.8. The summed E-state index contributed by atoms with van der Waals surface area (Å²) in [6, 6.07) is 6.92. The van der Waals surface area contributed by atoms with Crippen molar-refractivity contribution < 1.29 is 23.8 Å². The molecular weight excluding hydrogens is 394 g/mol. The summed E-state index contributed by atoms with van der Waals surface area (Å²) in [6.07, 6.45) is 0.938. The van der Waals surface area contributed by atoms with Crippen LogP contribution in [0.3, 0.4) is 0 Å². The average molecular weight is 422 g/mol. The summed E-state index contributed by atoms with van der Waals surface area (Å²) in [5.41, 5.74) is 0.826. The number of esters is 1. The van der Waals surface area contributed by atoms with Gasteiger partial charge >= 0.3 is 12.1 Å². The van der Waals surface area contributed by atoms with Crippen molar-refractivity contribution in [3.05, 3.63) is 24.3 Å². The first-order chi connectivity index (χ1) is 14.0. The number of cyclic esters (lactones) is 1. The van der Waals surface area contributed by atoms with Gasteiger partial charge in [-0.05, 0) is 51.0 Å². The Morgan fingerprint density at radius 2 is 1.97 bits per heavy atom. The second-order valence-corrected chi connectivity index (χ2v) is 7.22. The van der Waals surface area contributed by atoms with Gasteiger partial charge in [0.05, 0.1) is 18.9 Å². The van der Waals surface area contributed by atoms with E-state index in [4.69, 9.17) is 26.4 Å². The molecule has 0 aliphatic carbocycles. The minimum atomic E-state index is -0.665. The summed E-state index contributed by atoms with van der Waals surface area (Å²) in [5, 5.41) is 3.87. The molecule has 2 fully saturated rings. The molecule has 1 N–H and O–H groups in total. The molecular formula is C20H27N3O5S. The SMILES string of the molecule is CCOC(=O)C1COC(=O)N1C1CCN(C(=S)Nc2ccccc2OCC)CC1. The molecule has 8 nitrogen and oxygen atoms in total. The number of ether oxygens (including phenoxy) is 3. The van der Waals surface area contributed by atoms with Crippen molar-refractivity contribution in [1.29, 1.82) is 0 Å². The minimum absolute atomic E-state index is 0.0477. The third kappa shape index (κ3) is 4.90. The standard InChI is InChI=1S/C20H27N3O5S/c1-3-26-17-8-6-5-7-15(17)21-19(29)22-11-9-14(10-12-22)23-16(13-28-20(23)25)18(24)27-4-2/h5-8,14,16H,3-4,9-13H2,1-2H3,(H,21,29). The number of carbonyl (C=O) groups is 2. The van der Waals surface area contributed by atoms with Gasteiger partial charge in [0.1, 0.15) is 12.4 Å². The number of rotatable bonds is 6. The summed E-state index contributed by atoms with van der Waals surface area (Å²) in [6.45, 7) is 5.93. The molecule has 1 aromatic rings. The van der Waals surface area contributed by atoms with E-state index in [-0.39, 0.29) is 19.3 Å². The number of para-hydroxylation sites is 2. The Labute approximate surface area is 176 Å². The van der Waals surface area contributed by atoms with E-state index in [0.29, 0.717) is 37.7 Å². The van der Waals surface area contributed by atoms with Gasteiger partial charge in [-0.2, -0.15) is 0 Å². The van der Waals surface area contributed by atoms with Crippen molar-refractivity contribution in [2.24, 2.45) is 0 Å². The van der Waals surface area contributed by atoms with Gasteiger partial charge in [0.15, 0.2) is 11.2 Å². The first kappa shape index (κ1) is 21.2. The maximum atomic E-state index is 12.2. The predicted molar refractivity (Wildman–Crippen MR) is 112 cm³/mol. The molecule has 158 valence electrons. The summed E-state index contributed by atoms with van der Waals surface area (Å²) in [4.78, 5) is 27.9. The Balaban J connectivity index is 1.58. The molecule has 1 amide bonds. The molecule has 29 heavy (non-hydrogen) atoms. The number of nitrogens with one attached hydrogen (secondary N) is 1. The van der Waals surface area contributed by atoms with E-state index in [0.717, 1.165) is 11.4 Å². The summed E-state index contributed by atoms with van der Waals surface area (Å²) in [5.74, 6) is 0.342. The maximum Gasteiger partial charge on any atom is 0.410 e. The number of hydrogen-bond donors (Lipinski definition) is 1. The van der Waals surface area contributed by atoms with Crippen LogP contribution in [0.5, 0.6) is 5.75 Å². The quantitative estimate of drug-likeness (QED) is 0.555. The van der Waals surface area contributed by atoms with Gasteiger partial charge in [-0.1, -0.05) is 12.1 Å². The number of amides is 1. The van der Waals surface area contributed by atoms with E-state index in [9.17, 15) is 9.59 Å². The largest absolute Gasteiger partial charge is 0.492 e. The number of benzene rings is 1. The first-order valence-electron chi connectivity index (χ1n) is 9.94. The molecule has 3 rings (SSSR count). The predicted octanol–water partition coefficient (Wildman–Crippen LogP) is 2.63. The van der Waals surface area contributed by atoms with Gasteiger partial charge in [-0.3, -0.25) is 4.90 Å². The van der Waals surface area contributed by atoms with E-state index >= 15 is 0 Å². The lowest BCUT2D eigenvalue weighted by Crippen LogP contribution is -2.52. The van der Waals surface area contributed by atoms with Crippen LogP contribution < -0.4 is 10.1 Å². The summed E-state index contributed by atoms with van der Waals surface area (Å²) in [7, 11) is 0. The van der Waals surface area contributed by atoms with Gasteiger partial charge in [0.25, 0.3) is 0 Å². The van der Waals surface area contributed by atoms with E-state index in [1.54, 1.807) is 6.92 Å². The smallest absolute Gasteiger partial charge is 0.410 e. The fourth-order valence-electron chi connectivity index (χ4n) is 3.65. The number of hydrogen-bond acceptors (Lipinski definition) is 6. The van der Waals surface area contributed by atoms with Gasteiger partial charge < -0.3 is 24.4 Å². The van der Waals surface area contributed by atoms with Crippen LogP contribution >= 0.6 is 12.2 Å². The Morgan fingerprint density at radius 3 is 2.66 bits per heavy atom. The Kier molecular flexibility index (Phi) is 7.13. The van der Waals surface area contributed by atoms with Crippen LogP contribution in [0.25, 0.3) is 0 Å². The van der Waals surface area contributed by atoms with Crippen LogP contribution in [0.4, 0.5) is 10.5 Å². The maximum absolute atomic E-state index is 12.2. The lowest BCUT2D eigenvalue weighted by molar-refractivity contribution is -0.148. The monoisotopic (exact) mass is 421 g/mol. The molecule has 2 aliphatic rings. The minimum Gasteiger partial charge on any atom is -0.492 e. The average Bonchev–Trinajstić information content (AvgIpc) is 3.11. The Bertz CT molecular complexity index is 751. The van der Waals surface area contributed by atoms with Crippen molar-refractivity contribution in [3.63, 3.8) is 0 Å². The second kappa shape index (κ2) is 9.78. The Morgan fingerprint density at radius 1 is 1.24 bits per heavy atom. The zero-order valence-electron chi connectivity index (χ0n) is 16.8. The molecule has 0 saturated carbocycles. The molecule has 2 heterocycles. The van der Waals surface area contributed by atoms with Crippen LogP contribution in [0.1, 0.15) is 26.7 Å². The van der Waals surface area contributed by atoms with Crippen LogP contribution in [-0.2, 0) is 14.3 Å². The number of piperidine rings is 1. The van der Waals surface area contributed by atoms with Gasteiger partial charge in [0.2, 0.25) is 0 Å². The fraction of sp³-hybridized carbons (Fsp3) is 0.550. The van der Waals surface area contributed by atoms with Crippen molar-refractivity contribution in [1.82, 2.24) is 9.80 Å². The molecule has 9 heteroatoms. The number of likely N-dealkylation sites (tertiary alicyclic amines) is 1. The first-order valence-corrected chi connectivity index (χ1v) is 10.4. The van der Waals surface area contributed by atoms with Gasteiger partial charge in [-0.25, -0.2) is 9.59 Å². The van der Waals surface area contributed by atoms with Crippen molar-refractivity contribution in [2.75, 3.05) is 38.2 Å². The van der Waals surface area contributed by atoms with Crippen LogP contribution in [0, 0.1) is 0 Å². The summed E-state index contributed by atoms with van der Waals surface area (Å²) < 4.78 is 15.8. The molecule has 0 aromatic heterocycles. The number of nitrogens with zero attached hydrogens (tertiary/aromatic N) is 2. The van der Waals surface area contributed by atoms with Crippen molar-refractivity contribution in [3.8, 4) is 5.75 Å². The molecule has 0 radical (unpaired) electrons. The van der Waals surface area contributed by atoms with E-state index in [1.165, 1.54) is 4.90 Å². The van der Waals surface area contributed by atoms with Crippen LogP contribution in [0.2, 0.25) is 0 Å². The fourth-order valence-corrected chi connectivity index (χ4v) is 3.94. The summed E-state index contributed by atoms with van der Waals surface area (Å²) >= 11 is 5.58. The number of anilines is 1. The highest BCUT2D eigenvalue weighted by molar-refractivity contribution is 7.80. The van der Waals surface area contributed by atoms with Gasteiger partial charge in [0, 0.05) is 19.1 Å². The third-order valence-corrected chi connectivity index (χ3v) is 5.40. The highest BCUT2D eigenvalue weighted by Crippen LogP contribution is 2.27. The highest BCUT2D eigenvalue weighted by Gasteiger charge is 2.44. The third-order valence-electron chi connectivity index (χ3n) is 5.04. The van der Waals surface area contributed by atoms with Crippen LogP contribution in [0.15, 0.2) is 24.3 Å². The Hall–Kier alpha value is -2.55. The molecule has 1 aromatic carbocycles. The normalized spacial score (nSPS) is 19.7. The number of thiocarbonyl (C=S) groups is 1. The molecule has 2 aliphatic heterocycles. The topological polar surface area (TPSA) is 80.3 Å². The van der Waals surface area contributed by atoms with E-state index in [2.05, 4.69) is 10.2 Å².